The van der Waals surface area contributed by atoms with E-state index >= 15 is 0 Å². The molecule has 110 valence electrons. The Morgan fingerprint density at radius 1 is 1.10 bits per heavy atom. The quantitative estimate of drug-likeness (QED) is 0.877. The predicted octanol–water partition coefficient (Wildman–Crippen LogP) is 2.17. The van der Waals surface area contributed by atoms with Crippen LogP contribution in [0.1, 0.15) is 9.67 Å². The molecule has 1 heterocycles. The average Bonchev–Trinajstić information content (AvgIpc) is 2.74. The van der Waals surface area contributed by atoms with Gasteiger partial charge in [-0.25, -0.2) is 0 Å². The Balaban J connectivity index is 2.40. The smallest absolute Gasteiger partial charge is 0.323 e. The number of amides is 1. The standard InChI is InChI=1S/C13H10ClNO5S/c14-11-7-3-1-2-4-8(7)21-12(11)13(20)15(5-9(16)17)6-10(18)19/h1-4H,5-6H2,(H,16,17)(H,18,19). The van der Waals surface area contributed by atoms with Crippen molar-refractivity contribution in [2.45, 2.75) is 0 Å². The van der Waals surface area contributed by atoms with Crippen LogP contribution in [0.4, 0.5) is 0 Å². The highest BCUT2D eigenvalue weighted by molar-refractivity contribution is 7.21. The van der Waals surface area contributed by atoms with E-state index in [0.717, 1.165) is 20.9 Å². The Hall–Kier alpha value is -2.12. The summed E-state index contributed by atoms with van der Waals surface area (Å²) < 4.78 is 0.774. The number of fused-ring (bicyclic) bond motifs is 1. The van der Waals surface area contributed by atoms with Crippen molar-refractivity contribution in [2.24, 2.45) is 0 Å². The van der Waals surface area contributed by atoms with Gasteiger partial charge in [0.15, 0.2) is 0 Å². The molecule has 0 spiro atoms. The minimum atomic E-state index is -1.29. The molecule has 0 radical (unpaired) electrons. The van der Waals surface area contributed by atoms with Crippen molar-refractivity contribution in [3.63, 3.8) is 0 Å². The van der Waals surface area contributed by atoms with E-state index in [1.807, 2.05) is 0 Å². The van der Waals surface area contributed by atoms with Crippen LogP contribution >= 0.6 is 22.9 Å². The van der Waals surface area contributed by atoms with Crippen molar-refractivity contribution in [1.82, 2.24) is 4.90 Å². The van der Waals surface area contributed by atoms with E-state index in [1.165, 1.54) is 0 Å². The number of halogens is 1. The number of carboxylic acid groups (broad SMARTS) is 2. The summed E-state index contributed by atoms with van der Waals surface area (Å²) in [4.78, 5) is 34.7. The van der Waals surface area contributed by atoms with E-state index in [2.05, 4.69) is 0 Å². The Morgan fingerprint density at radius 2 is 1.67 bits per heavy atom. The fourth-order valence-corrected chi connectivity index (χ4v) is 3.30. The third kappa shape index (κ3) is 3.32. The Labute approximate surface area is 128 Å². The number of benzene rings is 1. The molecular formula is C13H10ClNO5S. The van der Waals surface area contributed by atoms with E-state index in [1.54, 1.807) is 24.3 Å². The lowest BCUT2D eigenvalue weighted by Gasteiger charge is -2.17. The van der Waals surface area contributed by atoms with Crippen LogP contribution in [0.5, 0.6) is 0 Å². The van der Waals surface area contributed by atoms with Crippen LogP contribution in [-0.4, -0.2) is 46.0 Å². The maximum atomic E-state index is 12.3. The summed E-state index contributed by atoms with van der Waals surface area (Å²) in [6, 6.07) is 7.07. The second-order valence-electron chi connectivity index (χ2n) is 4.19. The van der Waals surface area contributed by atoms with Gasteiger partial charge in [0, 0.05) is 10.1 Å². The van der Waals surface area contributed by atoms with Crippen molar-refractivity contribution in [3.8, 4) is 0 Å². The van der Waals surface area contributed by atoms with Gasteiger partial charge in [0.05, 0.1) is 5.02 Å². The molecule has 6 nitrogen and oxygen atoms in total. The van der Waals surface area contributed by atoms with Gasteiger partial charge in [-0.3, -0.25) is 14.4 Å². The lowest BCUT2D eigenvalue weighted by Crippen LogP contribution is -2.39. The van der Waals surface area contributed by atoms with Gasteiger partial charge in [0.1, 0.15) is 18.0 Å². The van der Waals surface area contributed by atoms with Crippen LogP contribution in [0.25, 0.3) is 10.1 Å². The highest BCUT2D eigenvalue weighted by atomic mass is 35.5. The number of thiophene rings is 1. The van der Waals surface area contributed by atoms with Crippen LogP contribution in [-0.2, 0) is 9.59 Å². The van der Waals surface area contributed by atoms with E-state index in [-0.39, 0.29) is 9.90 Å². The molecule has 0 aliphatic rings. The molecule has 2 aromatic rings. The number of carbonyl (C=O) groups is 3. The lowest BCUT2D eigenvalue weighted by atomic mass is 10.2. The molecule has 0 saturated carbocycles. The average molecular weight is 328 g/mol. The summed E-state index contributed by atoms with van der Waals surface area (Å²) in [6.45, 7) is -1.40. The maximum absolute atomic E-state index is 12.3. The van der Waals surface area contributed by atoms with Gasteiger partial charge >= 0.3 is 11.9 Å². The first kappa shape index (κ1) is 15.3. The first-order valence-electron chi connectivity index (χ1n) is 5.80. The van der Waals surface area contributed by atoms with Gasteiger partial charge in [-0.05, 0) is 6.07 Å². The molecule has 0 saturated heterocycles. The maximum Gasteiger partial charge on any atom is 0.323 e. The minimum Gasteiger partial charge on any atom is -0.480 e. The van der Waals surface area contributed by atoms with Crippen LogP contribution in [0.15, 0.2) is 24.3 Å². The van der Waals surface area contributed by atoms with Crippen molar-refractivity contribution >= 4 is 50.9 Å². The number of nitrogens with zero attached hydrogens (tertiary/aromatic N) is 1. The van der Waals surface area contributed by atoms with E-state index in [4.69, 9.17) is 21.8 Å². The van der Waals surface area contributed by atoms with Gasteiger partial charge in [0.2, 0.25) is 0 Å². The third-order valence-electron chi connectivity index (χ3n) is 2.67. The van der Waals surface area contributed by atoms with Crippen molar-refractivity contribution in [2.75, 3.05) is 13.1 Å². The monoisotopic (exact) mass is 327 g/mol. The minimum absolute atomic E-state index is 0.139. The molecule has 2 rings (SSSR count). The molecule has 0 fully saturated rings. The molecular weight excluding hydrogens is 318 g/mol. The fraction of sp³-hybridized carbons (Fsp3) is 0.154. The molecule has 1 aromatic heterocycles. The molecule has 1 aromatic carbocycles. The number of carboxylic acids is 2. The Bertz CT molecular complexity index is 710. The zero-order valence-electron chi connectivity index (χ0n) is 10.6. The van der Waals surface area contributed by atoms with Crippen LogP contribution in [0.2, 0.25) is 5.02 Å². The number of aliphatic carboxylic acids is 2. The van der Waals surface area contributed by atoms with Crippen molar-refractivity contribution < 1.29 is 24.6 Å². The normalized spacial score (nSPS) is 10.5. The van der Waals surface area contributed by atoms with Crippen molar-refractivity contribution in [1.29, 1.82) is 0 Å². The summed E-state index contributed by atoms with van der Waals surface area (Å²) in [5, 5.41) is 18.5. The summed E-state index contributed by atoms with van der Waals surface area (Å²) in [5.74, 6) is -3.28. The largest absolute Gasteiger partial charge is 0.480 e. The Kier molecular flexibility index (Phi) is 4.44. The first-order chi connectivity index (χ1) is 9.90. The highest BCUT2D eigenvalue weighted by Gasteiger charge is 2.25. The van der Waals surface area contributed by atoms with Gasteiger partial charge in [-0.2, -0.15) is 0 Å². The SMILES string of the molecule is O=C(O)CN(CC(=O)O)C(=O)c1sc2ccccc2c1Cl. The number of rotatable bonds is 5. The van der Waals surface area contributed by atoms with Gasteiger partial charge in [-0.1, -0.05) is 29.8 Å². The number of hydrogen-bond donors (Lipinski definition) is 2. The number of carbonyl (C=O) groups excluding carboxylic acids is 1. The fourth-order valence-electron chi connectivity index (χ4n) is 1.82. The van der Waals surface area contributed by atoms with E-state index in [0.29, 0.717) is 5.39 Å². The zero-order valence-corrected chi connectivity index (χ0v) is 12.1. The predicted molar refractivity (Wildman–Crippen MR) is 78.0 cm³/mol. The Morgan fingerprint density at radius 3 is 2.19 bits per heavy atom. The molecule has 21 heavy (non-hydrogen) atoms. The molecule has 1 amide bonds. The van der Waals surface area contributed by atoms with E-state index in [9.17, 15) is 14.4 Å². The molecule has 0 atom stereocenters. The van der Waals surface area contributed by atoms with Crippen LogP contribution in [0, 0.1) is 0 Å². The molecule has 0 aliphatic carbocycles. The second-order valence-corrected chi connectivity index (χ2v) is 5.62. The van der Waals surface area contributed by atoms with E-state index < -0.39 is 30.9 Å². The molecule has 2 N–H and O–H groups in total. The summed E-state index contributed by atoms with van der Waals surface area (Å²) in [7, 11) is 0. The van der Waals surface area contributed by atoms with Gasteiger partial charge in [0.25, 0.3) is 5.91 Å². The van der Waals surface area contributed by atoms with Gasteiger partial charge in [-0.15, -0.1) is 11.3 Å². The van der Waals surface area contributed by atoms with Gasteiger partial charge < -0.3 is 15.1 Å². The highest BCUT2D eigenvalue weighted by Crippen LogP contribution is 2.35. The molecule has 0 bridgehead atoms. The summed E-state index contributed by atoms with van der Waals surface area (Å²) >= 11 is 7.24. The topological polar surface area (TPSA) is 94.9 Å². The second kappa shape index (κ2) is 6.11. The van der Waals surface area contributed by atoms with Crippen LogP contribution < -0.4 is 0 Å². The van der Waals surface area contributed by atoms with Crippen LogP contribution in [0.3, 0.4) is 0 Å². The molecule has 0 aliphatic heterocycles. The molecule has 8 heteroatoms. The molecule has 0 unspecified atom stereocenters. The lowest BCUT2D eigenvalue weighted by molar-refractivity contribution is -0.140. The first-order valence-corrected chi connectivity index (χ1v) is 6.99. The third-order valence-corrected chi connectivity index (χ3v) is 4.33. The summed E-state index contributed by atoms with van der Waals surface area (Å²) in [5.41, 5.74) is 0. The zero-order chi connectivity index (χ0) is 15.6. The number of hydrogen-bond acceptors (Lipinski definition) is 4. The summed E-state index contributed by atoms with van der Waals surface area (Å²) in [6.07, 6.45) is 0. The van der Waals surface area contributed by atoms with Crippen molar-refractivity contribution in [3.05, 3.63) is 34.2 Å².